The van der Waals surface area contributed by atoms with E-state index in [0.717, 1.165) is 25.2 Å². The maximum atomic E-state index is 14.1. The highest BCUT2D eigenvalue weighted by molar-refractivity contribution is 7.90. The molecule has 1 saturated carbocycles. The summed E-state index contributed by atoms with van der Waals surface area (Å²) in [6.45, 7) is 0.442. The van der Waals surface area contributed by atoms with E-state index in [0.29, 0.717) is 18.2 Å². The van der Waals surface area contributed by atoms with Crippen molar-refractivity contribution in [2.45, 2.75) is 43.0 Å². The number of halogens is 1. The van der Waals surface area contributed by atoms with Crippen LogP contribution in [0.3, 0.4) is 0 Å². The third-order valence-electron chi connectivity index (χ3n) is 4.18. The van der Waals surface area contributed by atoms with Crippen molar-refractivity contribution in [2.75, 3.05) is 18.1 Å². The molecule has 2 rings (SSSR count). The van der Waals surface area contributed by atoms with Gasteiger partial charge in [0.15, 0.2) is 9.84 Å². The van der Waals surface area contributed by atoms with Crippen LogP contribution in [-0.2, 0) is 9.84 Å². The molecule has 6 heteroatoms. The normalized spacial score (nSPS) is 18.4. The SMILES string of the molecule is CS(=O)(=O)c1ccc(NC(CN)C2CCCCC2)c(F)c1. The monoisotopic (exact) mass is 314 g/mol. The standard InChI is InChI=1S/C15H23FN2O2S/c1-21(19,20)12-7-8-14(13(16)9-12)18-15(10-17)11-5-3-2-4-6-11/h7-9,11,15,18H,2-6,10,17H2,1H3. The molecule has 0 bridgehead atoms. The summed E-state index contributed by atoms with van der Waals surface area (Å²) < 4.78 is 36.9. The fraction of sp³-hybridized carbons (Fsp3) is 0.600. The molecule has 0 spiro atoms. The number of hydrogen-bond donors (Lipinski definition) is 2. The second-order valence-electron chi connectivity index (χ2n) is 5.80. The third kappa shape index (κ3) is 4.17. The molecule has 0 heterocycles. The van der Waals surface area contributed by atoms with Crippen LogP contribution < -0.4 is 11.1 Å². The molecule has 1 atom stereocenters. The van der Waals surface area contributed by atoms with Crippen molar-refractivity contribution >= 4 is 15.5 Å². The van der Waals surface area contributed by atoms with E-state index in [1.165, 1.54) is 31.4 Å². The summed E-state index contributed by atoms with van der Waals surface area (Å²) in [6, 6.07) is 4.00. The minimum atomic E-state index is -3.39. The van der Waals surface area contributed by atoms with E-state index in [1.807, 2.05) is 0 Å². The van der Waals surface area contributed by atoms with E-state index in [4.69, 9.17) is 5.73 Å². The number of benzene rings is 1. The average Bonchev–Trinajstić information content (AvgIpc) is 2.46. The minimum absolute atomic E-state index is 0.00693. The highest BCUT2D eigenvalue weighted by atomic mass is 32.2. The summed E-state index contributed by atoms with van der Waals surface area (Å²) in [5.74, 6) is -0.0927. The molecule has 4 nitrogen and oxygen atoms in total. The number of nitrogens with two attached hydrogens (primary N) is 1. The van der Waals surface area contributed by atoms with E-state index in [9.17, 15) is 12.8 Å². The van der Waals surface area contributed by atoms with Gasteiger partial charge in [-0.1, -0.05) is 19.3 Å². The lowest BCUT2D eigenvalue weighted by atomic mass is 9.84. The van der Waals surface area contributed by atoms with Crippen molar-refractivity contribution in [1.29, 1.82) is 0 Å². The van der Waals surface area contributed by atoms with Crippen molar-refractivity contribution in [2.24, 2.45) is 11.7 Å². The first kappa shape index (κ1) is 16.2. The topological polar surface area (TPSA) is 72.2 Å². The Morgan fingerprint density at radius 2 is 2.00 bits per heavy atom. The summed E-state index contributed by atoms with van der Waals surface area (Å²) in [5.41, 5.74) is 6.14. The Morgan fingerprint density at radius 3 is 2.52 bits per heavy atom. The van der Waals surface area contributed by atoms with Crippen LogP contribution in [0.4, 0.5) is 10.1 Å². The van der Waals surface area contributed by atoms with Gasteiger partial charge < -0.3 is 11.1 Å². The van der Waals surface area contributed by atoms with Crippen LogP contribution in [0.15, 0.2) is 23.1 Å². The minimum Gasteiger partial charge on any atom is -0.378 e. The molecule has 1 aromatic carbocycles. The van der Waals surface area contributed by atoms with Gasteiger partial charge in [0, 0.05) is 18.8 Å². The van der Waals surface area contributed by atoms with Crippen LogP contribution in [0.25, 0.3) is 0 Å². The molecule has 3 N–H and O–H groups in total. The smallest absolute Gasteiger partial charge is 0.175 e. The summed E-state index contributed by atoms with van der Waals surface area (Å²) in [6.07, 6.45) is 6.93. The van der Waals surface area contributed by atoms with Gasteiger partial charge >= 0.3 is 0 Å². The number of rotatable bonds is 5. The quantitative estimate of drug-likeness (QED) is 0.876. The highest BCUT2D eigenvalue weighted by Crippen LogP contribution is 2.29. The van der Waals surface area contributed by atoms with Gasteiger partial charge in [0.05, 0.1) is 10.6 Å². The summed E-state index contributed by atoms with van der Waals surface area (Å²) in [5, 5.41) is 3.15. The van der Waals surface area contributed by atoms with E-state index < -0.39 is 15.7 Å². The molecule has 0 radical (unpaired) electrons. The molecule has 0 aliphatic heterocycles. The maximum Gasteiger partial charge on any atom is 0.175 e. The van der Waals surface area contributed by atoms with Gasteiger partial charge in [-0.3, -0.25) is 0 Å². The van der Waals surface area contributed by atoms with Crippen molar-refractivity contribution in [3.8, 4) is 0 Å². The van der Waals surface area contributed by atoms with Crippen LogP contribution in [0.1, 0.15) is 32.1 Å². The van der Waals surface area contributed by atoms with Crippen molar-refractivity contribution in [1.82, 2.24) is 0 Å². The molecule has 1 aromatic rings. The number of sulfone groups is 1. The van der Waals surface area contributed by atoms with Gasteiger partial charge in [0.2, 0.25) is 0 Å². The first-order valence-electron chi connectivity index (χ1n) is 7.38. The molecule has 0 amide bonds. The van der Waals surface area contributed by atoms with E-state index in [1.54, 1.807) is 0 Å². The van der Waals surface area contributed by atoms with Crippen molar-refractivity contribution < 1.29 is 12.8 Å². The molecule has 1 fully saturated rings. The lowest BCUT2D eigenvalue weighted by Crippen LogP contribution is -2.37. The molecule has 21 heavy (non-hydrogen) atoms. The number of nitrogens with one attached hydrogen (secondary N) is 1. The first-order chi connectivity index (χ1) is 9.91. The summed E-state index contributed by atoms with van der Waals surface area (Å²) in [7, 11) is -3.39. The van der Waals surface area contributed by atoms with Crippen molar-refractivity contribution in [3.63, 3.8) is 0 Å². The Hall–Kier alpha value is -1.14. The number of hydrogen-bond acceptors (Lipinski definition) is 4. The molecule has 1 aliphatic carbocycles. The molecule has 1 aliphatic rings. The maximum absolute atomic E-state index is 14.1. The van der Waals surface area contributed by atoms with E-state index in [2.05, 4.69) is 5.32 Å². The number of anilines is 1. The predicted octanol–water partition coefficient (Wildman–Crippen LogP) is 2.55. The van der Waals surface area contributed by atoms with Gasteiger partial charge in [0.25, 0.3) is 0 Å². The molecular formula is C15H23FN2O2S. The van der Waals surface area contributed by atoms with E-state index in [-0.39, 0.29) is 10.9 Å². The Bertz CT molecular complexity index is 583. The molecule has 118 valence electrons. The first-order valence-corrected chi connectivity index (χ1v) is 9.27. The second-order valence-corrected chi connectivity index (χ2v) is 7.81. The van der Waals surface area contributed by atoms with Crippen molar-refractivity contribution in [3.05, 3.63) is 24.0 Å². The molecule has 1 unspecified atom stereocenters. The fourth-order valence-corrected chi connectivity index (χ4v) is 3.58. The Kier molecular flexibility index (Phi) is 5.22. The van der Waals surface area contributed by atoms with Crippen LogP contribution >= 0.6 is 0 Å². The van der Waals surface area contributed by atoms with Gasteiger partial charge in [-0.15, -0.1) is 0 Å². The highest BCUT2D eigenvalue weighted by Gasteiger charge is 2.23. The summed E-state index contributed by atoms with van der Waals surface area (Å²) in [4.78, 5) is -0.00693. The van der Waals surface area contributed by atoms with Crippen LogP contribution in [0, 0.1) is 11.7 Å². The second kappa shape index (κ2) is 6.75. The van der Waals surface area contributed by atoms with Gasteiger partial charge in [-0.05, 0) is 37.0 Å². The lowest BCUT2D eigenvalue weighted by molar-refractivity contribution is 0.320. The molecular weight excluding hydrogens is 291 g/mol. The molecule has 0 saturated heterocycles. The average molecular weight is 314 g/mol. The third-order valence-corrected chi connectivity index (χ3v) is 5.29. The fourth-order valence-electron chi connectivity index (χ4n) is 2.95. The lowest BCUT2D eigenvalue weighted by Gasteiger charge is -2.31. The molecule has 0 aromatic heterocycles. The Morgan fingerprint density at radius 1 is 1.33 bits per heavy atom. The van der Waals surface area contributed by atoms with Gasteiger partial charge in [0.1, 0.15) is 5.82 Å². The van der Waals surface area contributed by atoms with E-state index >= 15 is 0 Å². The van der Waals surface area contributed by atoms with Crippen LogP contribution in [0.5, 0.6) is 0 Å². The van der Waals surface area contributed by atoms with Gasteiger partial charge in [-0.2, -0.15) is 0 Å². The zero-order valence-corrected chi connectivity index (χ0v) is 13.1. The van der Waals surface area contributed by atoms with Gasteiger partial charge in [-0.25, -0.2) is 12.8 Å². The Labute approximate surface area is 125 Å². The summed E-state index contributed by atoms with van der Waals surface area (Å²) >= 11 is 0. The predicted molar refractivity (Wildman–Crippen MR) is 82.5 cm³/mol. The largest absolute Gasteiger partial charge is 0.378 e. The zero-order valence-electron chi connectivity index (χ0n) is 12.3. The zero-order chi connectivity index (χ0) is 15.5. The van der Waals surface area contributed by atoms with Crippen LogP contribution in [0.2, 0.25) is 0 Å². The Balaban J connectivity index is 2.14. The van der Waals surface area contributed by atoms with Crippen LogP contribution in [-0.4, -0.2) is 27.3 Å².